The first-order chi connectivity index (χ1) is 7.11. The van der Waals surface area contributed by atoms with Crippen LogP contribution in [0.3, 0.4) is 0 Å². The minimum atomic E-state index is -0.283. The summed E-state index contributed by atoms with van der Waals surface area (Å²) in [4.78, 5) is 4.36. The summed E-state index contributed by atoms with van der Waals surface area (Å²) < 4.78 is 14.0. The molecule has 0 spiro atoms. The SMILES string of the molecule is Cc1cc(NN)c2cc(F)cc(I)c2n1. The van der Waals surface area contributed by atoms with Gasteiger partial charge in [-0.2, -0.15) is 0 Å². The van der Waals surface area contributed by atoms with Crippen molar-refractivity contribution in [3.63, 3.8) is 0 Å². The molecule has 5 heteroatoms. The minimum absolute atomic E-state index is 0.283. The molecule has 2 rings (SSSR count). The molecule has 0 radical (unpaired) electrons. The summed E-state index contributed by atoms with van der Waals surface area (Å²) in [5, 5.41) is 0.701. The molecule has 15 heavy (non-hydrogen) atoms. The summed E-state index contributed by atoms with van der Waals surface area (Å²) in [6.07, 6.45) is 0. The predicted molar refractivity (Wildman–Crippen MR) is 67.0 cm³/mol. The molecule has 1 aromatic carbocycles. The summed E-state index contributed by atoms with van der Waals surface area (Å²) in [6.45, 7) is 1.87. The number of fused-ring (bicyclic) bond motifs is 1. The molecule has 78 valence electrons. The van der Waals surface area contributed by atoms with Crippen LogP contribution >= 0.6 is 22.6 Å². The Labute approximate surface area is 100.0 Å². The zero-order valence-electron chi connectivity index (χ0n) is 8.01. The van der Waals surface area contributed by atoms with Crippen LogP contribution in [0.2, 0.25) is 0 Å². The van der Waals surface area contributed by atoms with Crippen molar-refractivity contribution in [2.24, 2.45) is 5.84 Å². The number of nitrogens with two attached hydrogens (primary N) is 1. The molecular weight excluding hydrogens is 308 g/mol. The van der Waals surface area contributed by atoms with Gasteiger partial charge in [0.05, 0.1) is 11.2 Å². The molecule has 1 heterocycles. The van der Waals surface area contributed by atoms with Crippen LogP contribution in [-0.4, -0.2) is 4.98 Å². The van der Waals surface area contributed by atoms with Crippen LogP contribution in [0.5, 0.6) is 0 Å². The number of rotatable bonds is 1. The number of halogens is 2. The number of nitrogens with one attached hydrogen (secondary N) is 1. The molecule has 0 fully saturated rings. The maximum atomic E-state index is 13.2. The van der Waals surface area contributed by atoms with Crippen molar-refractivity contribution in [3.8, 4) is 0 Å². The van der Waals surface area contributed by atoms with Crippen molar-refractivity contribution in [2.45, 2.75) is 6.92 Å². The Bertz CT molecular complexity index is 528. The molecule has 0 saturated carbocycles. The van der Waals surface area contributed by atoms with Crippen LogP contribution < -0.4 is 11.3 Å². The summed E-state index contributed by atoms with van der Waals surface area (Å²) in [6, 6.07) is 4.67. The van der Waals surface area contributed by atoms with Gasteiger partial charge < -0.3 is 5.43 Å². The lowest BCUT2D eigenvalue weighted by molar-refractivity contribution is 0.628. The highest BCUT2D eigenvalue weighted by Crippen LogP contribution is 2.27. The highest BCUT2D eigenvalue weighted by atomic mass is 127. The van der Waals surface area contributed by atoms with Crippen LogP contribution in [0.25, 0.3) is 10.9 Å². The van der Waals surface area contributed by atoms with E-state index in [9.17, 15) is 4.39 Å². The Morgan fingerprint density at radius 1 is 1.40 bits per heavy atom. The zero-order chi connectivity index (χ0) is 11.0. The molecule has 0 bridgehead atoms. The van der Waals surface area contributed by atoms with E-state index in [0.717, 1.165) is 14.8 Å². The monoisotopic (exact) mass is 317 g/mol. The van der Waals surface area contributed by atoms with Crippen molar-refractivity contribution in [3.05, 3.63) is 33.3 Å². The second kappa shape index (κ2) is 3.90. The van der Waals surface area contributed by atoms with E-state index >= 15 is 0 Å². The summed E-state index contributed by atoms with van der Waals surface area (Å²) in [7, 11) is 0. The fourth-order valence-corrected chi connectivity index (χ4v) is 2.21. The summed E-state index contributed by atoms with van der Waals surface area (Å²) >= 11 is 2.06. The summed E-state index contributed by atoms with van der Waals surface area (Å²) in [5.41, 5.74) is 4.86. The number of aryl methyl sites for hydroxylation is 1. The third kappa shape index (κ3) is 1.89. The van der Waals surface area contributed by atoms with Crippen molar-refractivity contribution in [1.82, 2.24) is 4.98 Å². The number of benzene rings is 1. The van der Waals surface area contributed by atoms with Crippen LogP contribution in [-0.2, 0) is 0 Å². The second-order valence-corrected chi connectivity index (χ2v) is 4.40. The van der Waals surface area contributed by atoms with Gasteiger partial charge in [0.25, 0.3) is 0 Å². The van der Waals surface area contributed by atoms with Gasteiger partial charge in [0.1, 0.15) is 5.82 Å². The number of nitrogen functional groups attached to an aromatic ring is 1. The minimum Gasteiger partial charge on any atom is -0.323 e. The Morgan fingerprint density at radius 3 is 2.80 bits per heavy atom. The highest BCUT2D eigenvalue weighted by molar-refractivity contribution is 14.1. The fraction of sp³-hybridized carbons (Fsp3) is 0.100. The molecule has 0 unspecified atom stereocenters. The molecule has 0 aliphatic heterocycles. The highest BCUT2D eigenvalue weighted by Gasteiger charge is 2.08. The van der Waals surface area contributed by atoms with E-state index in [1.54, 1.807) is 6.07 Å². The van der Waals surface area contributed by atoms with E-state index in [1.807, 2.05) is 6.92 Å². The zero-order valence-corrected chi connectivity index (χ0v) is 10.2. The molecule has 0 aliphatic rings. The number of aromatic nitrogens is 1. The maximum Gasteiger partial charge on any atom is 0.125 e. The number of pyridine rings is 1. The molecule has 0 saturated heterocycles. The van der Waals surface area contributed by atoms with Crippen LogP contribution in [0.1, 0.15) is 5.69 Å². The maximum absolute atomic E-state index is 13.2. The van der Waals surface area contributed by atoms with Gasteiger partial charge in [0.15, 0.2) is 0 Å². The van der Waals surface area contributed by atoms with Gasteiger partial charge in [0.2, 0.25) is 0 Å². The Morgan fingerprint density at radius 2 is 2.13 bits per heavy atom. The molecule has 1 aromatic heterocycles. The molecule has 0 amide bonds. The van der Waals surface area contributed by atoms with Gasteiger partial charge in [-0.15, -0.1) is 0 Å². The lowest BCUT2D eigenvalue weighted by Gasteiger charge is -2.08. The summed E-state index contributed by atoms with van der Waals surface area (Å²) in [5.74, 6) is 5.10. The predicted octanol–water partition coefficient (Wildman–Crippen LogP) is 2.57. The van der Waals surface area contributed by atoms with Crippen LogP contribution in [0, 0.1) is 16.3 Å². The van der Waals surface area contributed by atoms with E-state index in [1.165, 1.54) is 12.1 Å². The largest absolute Gasteiger partial charge is 0.323 e. The van der Waals surface area contributed by atoms with Gasteiger partial charge in [0, 0.05) is 14.7 Å². The fourth-order valence-electron chi connectivity index (χ4n) is 1.50. The van der Waals surface area contributed by atoms with Crippen molar-refractivity contribution in [1.29, 1.82) is 0 Å². The lowest BCUT2D eigenvalue weighted by atomic mass is 10.1. The average Bonchev–Trinajstić information content (AvgIpc) is 2.18. The second-order valence-electron chi connectivity index (χ2n) is 3.24. The van der Waals surface area contributed by atoms with Gasteiger partial charge in [-0.1, -0.05) is 0 Å². The Balaban J connectivity index is 2.89. The number of hydrazine groups is 1. The lowest BCUT2D eigenvalue weighted by Crippen LogP contribution is -2.08. The Hall–Kier alpha value is -0.950. The first-order valence-electron chi connectivity index (χ1n) is 4.35. The smallest absolute Gasteiger partial charge is 0.125 e. The van der Waals surface area contributed by atoms with Gasteiger partial charge in [-0.3, -0.25) is 10.8 Å². The van der Waals surface area contributed by atoms with Crippen LogP contribution in [0.4, 0.5) is 10.1 Å². The third-order valence-electron chi connectivity index (χ3n) is 2.12. The first-order valence-corrected chi connectivity index (χ1v) is 5.42. The van der Waals surface area contributed by atoms with Crippen molar-refractivity contribution >= 4 is 39.2 Å². The van der Waals surface area contributed by atoms with E-state index in [0.29, 0.717) is 11.1 Å². The number of hydrogen-bond acceptors (Lipinski definition) is 3. The van der Waals surface area contributed by atoms with E-state index in [4.69, 9.17) is 5.84 Å². The van der Waals surface area contributed by atoms with E-state index in [2.05, 4.69) is 33.0 Å². The average molecular weight is 317 g/mol. The van der Waals surface area contributed by atoms with Gasteiger partial charge >= 0.3 is 0 Å². The topological polar surface area (TPSA) is 50.9 Å². The molecule has 3 N–H and O–H groups in total. The van der Waals surface area contributed by atoms with Crippen molar-refractivity contribution < 1.29 is 4.39 Å². The first kappa shape index (κ1) is 10.6. The van der Waals surface area contributed by atoms with E-state index < -0.39 is 0 Å². The quantitative estimate of drug-likeness (QED) is 0.483. The van der Waals surface area contributed by atoms with E-state index in [-0.39, 0.29) is 5.82 Å². The molecule has 2 aromatic rings. The van der Waals surface area contributed by atoms with Gasteiger partial charge in [-0.05, 0) is 47.7 Å². The Kier molecular flexibility index (Phi) is 2.74. The number of hydrogen-bond donors (Lipinski definition) is 2. The molecular formula is C10H9FIN3. The number of nitrogens with zero attached hydrogens (tertiary/aromatic N) is 1. The van der Waals surface area contributed by atoms with Crippen molar-refractivity contribution in [2.75, 3.05) is 5.43 Å². The standard InChI is InChI=1S/C10H9FIN3/c1-5-2-9(15-13)7-3-6(11)4-8(12)10(7)14-5/h2-4H,13H2,1H3,(H,14,15). The molecule has 0 atom stereocenters. The van der Waals surface area contributed by atoms with Gasteiger partial charge in [-0.25, -0.2) is 4.39 Å². The number of anilines is 1. The molecule has 3 nitrogen and oxygen atoms in total. The molecule has 0 aliphatic carbocycles. The third-order valence-corrected chi connectivity index (χ3v) is 2.94. The normalized spacial score (nSPS) is 10.7. The van der Waals surface area contributed by atoms with Crippen LogP contribution in [0.15, 0.2) is 18.2 Å².